The number of benzene rings is 2. The molecule has 0 amide bonds. The molecule has 1 aliphatic rings. The molecule has 1 saturated heterocycles. The minimum Gasteiger partial charge on any atom is -0.339 e. The number of carbonyl (C=O) groups excluding carboxylic acids is 1. The maximum atomic E-state index is 13.1. The van der Waals surface area contributed by atoms with E-state index < -0.39 is 10.0 Å². The van der Waals surface area contributed by atoms with Crippen LogP contribution in [0.1, 0.15) is 41.9 Å². The van der Waals surface area contributed by atoms with Crippen LogP contribution >= 0.6 is 0 Å². The van der Waals surface area contributed by atoms with Crippen molar-refractivity contribution in [2.24, 2.45) is 0 Å². The zero-order chi connectivity index (χ0) is 21.3. The fourth-order valence-electron chi connectivity index (χ4n) is 3.50. The Hall–Kier alpha value is -2.91. The smallest absolute Gasteiger partial charge is 0.243 e. The van der Waals surface area contributed by atoms with Gasteiger partial charge in [0.05, 0.1) is 10.8 Å². The van der Waals surface area contributed by atoms with Crippen LogP contribution in [0.4, 0.5) is 4.39 Å². The van der Waals surface area contributed by atoms with Crippen molar-refractivity contribution in [1.82, 2.24) is 14.4 Å². The van der Waals surface area contributed by atoms with E-state index in [1.54, 1.807) is 24.3 Å². The molecule has 3 aromatic rings. The number of hydrogen-bond donors (Lipinski definition) is 0. The van der Waals surface area contributed by atoms with Gasteiger partial charge in [-0.2, -0.15) is 9.29 Å². The molecule has 2 heterocycles. The predicted octanol–water partition coefficient (Wildman–Crippen LogP) is 3.65. The average molecular weight is 429 g/mol. The van der Waals surface area contributed by atoms with Crippen LogP contribution in [0, 0.1) is 5.82 Å². The number of piperidine rings is 1. The van der Waals surface area contributed by atoms with E-state index in [1.807, 2.05) is 0 Å². The number of nitrogens with zero attached hydrogens (tertiary/aromatic N) is 3. The van der Waals surface area contributed by atoms with Crippen LogP contribution in [0.25, 0.3) is 11.4 Å². The lowest BCUT2D eigenvalue weighted by molar-refractivity contribution is 0.101. The summed E-state index contributed by atoms with van der Waals surface area (Å²) in [6.45, 7) is 1.98. The quantitative estimate of drug-likeness (QED) is 0.575. The largest absolute Gasteiger partial charge is 0.339 e. The summed E-state index contributed by atoms with van der Waals surface area (Å²) >= 11 is 0. The number of aromatic nitrogens is 2. The van der Waals surface area contributed by atoms with Gasteiger partial charge in [0, 0.05) is 24.2 Å². The Morgan fingerprint density at radius 2 is 1.97 bits per heavy atom. The van der Waals surface area contributed by atoms with E-state index in [9.17, 15) is 17.6 Å². The van der Waals surface area contributed by atoms with Gasteiger partial charge in [-0.3, -0.25) is 4.79 Å². The molecule has 2 aromatic carbocycles. The molecule has 0 spiro atoms. The average Bonchev–Trinajstić information content (AvgIpc) is 3.25. The molecule has 0 bridgehead atoms. The monoisotopic (exact) mass is 429 g/mol. The molecule has 0 aliphatic carbocycles. The Labute approximate surface area is 173 Å². The minimum absolute atomic E-state index is 0.0911. The van der Waals surface area contributed by atoms with Crippen molar-refractivity contribution >= 4 is 15.8 Å². The summed E-state index contributed by atoms with van der Waals surface area (Å²) in [5.41, 5.74) is 0.971. The zero-order valence-electron chi connectivity index (χ0n) is 16.3. The van der Waals surface area contributed by atoms with Crippen molar-refractivity contribution in [1.29, 1.82) is 0 Å². The first-order valence-corrected chi connectivity index (χ1v) is 11.0. The van der Waals surface area contributed by atoms with Crippen LogP contribution in [0.15, 0.2) is 57.9 Å². The van der Waals surface area contributed by atoms with Gasteiger partial charge in [0.1, 0.15) is 5.82 Å². The van der Waals surface area contributed by atoms with Crippen molar-refractivity contribution < 1.29 is 22.1 Å². The van der Waals surface area contributed by atoms with Crippen LogP contribution < -0.4 is 0 Å². The highest BCUT2D eigenvalue weighted by Crippen LogP contribution is 2.31. The van der Waals surface area contributed by atoms with E-state index in [4.69, 9.17) is 4.52 Å². The number of carbonyl (C=O) groups is 1. The first-order chi connectivity index (χ1) is 14.3. The molecule has 30 heavy (non-hydrogen) atoms. The van der Waals surface area contributed by atoms with E-state index in [0.29, 0.717) is 42.2 Å². The molecule has 1 unspecified atom stereocenters. The summed E-state index contributed by atoms with van der Waals surface area (Å²) in [5, 5.41) is 3.95. The van der Waals surface area contributed by atoms with E-state index >= 15 is 0 Å². The zero-order valence-corrected chi connectivity index (χ0v) is 17.1. The van der Waals surface area contributed by atoms with Crippen LogP contribution in [0.2, 0.25) is 0 Å². The summed E-state index contributed by atoms with van der Waals surface area (Å²) in [6, 6.07) is 11.8. The van der Waals surface area contributed by atoms with Crippen LogP contribution in [-0.2, 0) is 10.0 Å². The highest BCUT2D eigenvalue weighted by Gasteiger charge is 2.33. The van der Waals surface area contributed by atoms with Gasteiger partial charge in [-0.15, -0.1) is 0 Å². The van der Waals surface area contributed by atoms with Crippen molar-refractivity contribution in [2.75, 3.05) is 13.1 Å². The van der Waals surface area contributed by atoms with Gasteiger partial charge < -0.3 is 4.52 Å². The van der Waals surface area contributed by atoms with E-state index in [0.717, 1.165) is 0 Å². The molecule has 7 nitrogen and oxygen atoms in total. The van der Waals surface area contributed by atoms with Crippen molar-refractivity contribution in [3.05, 3.63) is 65.8 Å². The first kappa shape index (κ1) is 20.4. The topological polar surface area (TPSA) is 93.4 Å². The highest BCUT2D eigenvalue weighted by molar-refractivity contribution is 7.89. The van der Waals surface area contributed by atoms with Crippen LogP contribution in [0.5, 0.6) is 0 Å². The number of sulfonamides is 1. The van der Waals surface area contributed by atoms with Gasteiger partial charge in [-0.25, -0.2) is 12.8 Å². The van der Waals surface area contributed by atoms with Crippen LogP contribution in [0.3, 0.4) is 0 Å². The summed E-state index contributed by atoms with van der Waals surface area (Å²) in [7, 11) is -3.76. The number of hydrogen-bond acceptors (Lipinski definition) is 6. The molecule has 4 rings (SSSR count). The van der Waals surface area contributed by atoms with Gasteiger partial charge in [0.2, 0.25) is 21.7 Å². The van der Waals surface area contributed by atoms with E-state index in [1.165, 1.54) is 35.5 Å². The van der Waals surface area contributed by atoms with Crippen LogP contribution in [-0.4, -0.2) is 41.7 Å². The number of halogens is 1. The molecule has 156 valence electrons. The lowest BCUT2D eigenvalue weighted by Gasteiger charge is -2.30. The van der Waals surface area contributed by atoms with E-state index in [-0.39, 0.29) is 29.0 Å². The van der Waals surface area contributed by atoms with Gasteiger partial charge in [0.15, 0.2) is 5.78 Å². The second-order valence-electron chi connectivity index (χ2n) is 7.25. The van der Waals surface area contributed by atoms with Gasteiger partial charge >= 0.3 is 0 Å². The van der Waals surface area contributed by atoms with E-state index in [2.05, 4.69) is 10.1 Å². The number of rotatable bonds is 5. The minimum atomic E-state index is -3.76. The third-order valence-corrected chi connectivity index (χ3v) is 7.02. The van der Waals surface area contributed by atoms with Gasteiger partial charge in [0.25, 0.3) is 0 Å². The molecule has 1 aromatic heterocycles. The lowest BCUT2D eigenvalue weighted by atomic mass is 10.00. The normalized spacial score (nSPS) is 17.7. The molecule has 0 N–H and O–H groups in total. The van der Waals surface area contributed by atoms with Gasteiger partial charge in [-0.05, 0) is 56.2 Å². The number of ketones is 1. The Morgan fingerprint density at radius 3 is 2.70 bits per heavy atom. The second kappa shape index (κ2) is 8.08. The van der Waals surface area contributed by atoms with Crippen molar-refractivity contribution in [2.45, 2.75) is 30.6 Å². The Balaban J connectivity index is 1.55. The Kier molecular flexibility index (Phi) is 5.48. The maximum Gasteiger partial charge on any atom is 0.243 e. The molecule has 1 aliphatic heterocycles. The summed E-state index contributed by atoms with van der Waals surface area (Å²) in [4.78, 5) is 16.1. The molecular weight excluding hydrogens is 409 g/mol. The molecule has 1 fully saturated rings. The summed E-state index contributed by atoms with van der Waals surface area (Å²) in [5.74, 6) is -0.107. The number of Topliss-reactive ketones (excluding diaryl/α,β-unsaturated/α-hetero) is 1. The molecular formula is C21H20FN3O4S. The Bertz CT molecular complexity index is 1170. The fraction of sp³-hybridized carbons (Fsp3) is 0.286. The second-order valence-corrected chi connectivity index (χ2v) is 9.19. The maximum absolute atomic E-state index is 13.1. The summed E-state index contributed by atoms with van der Waals surface area (Å²) < 4.78 is 46.1. The SMILES string of the molecule is CC(=O)c1cccc(S(=O)(=O)N2CCCC(c3nc(-c4ccc(F)cc4)no3)C2)c1. The Morgan fingerprint density at radius 1 is 1.20 bits per heavy atom. The van der Waals surface area contributed by atoms with Crippen molar-refractivity contribution in [3.8, 4) is 11.4 Å². The highest BCUT2D eigenvalue weighted by atomic mass is 32.2. The molecule has 0 saturated carbocycles. The third-order valence-electron chi connectivity index (χ3n) is 5.16. The standard InChI is InChI=1S/C21H20FN3O4S/c1-14(26)16-4-2-6-19(12-16)30(27,28)25-11-3-5-17(13-25)21-23-20(24-29-21)15-7-9-18(22)10-8-15/h2,4,6-10,12,17H,3,5,11,13H2,1H3. The fourth-order valence-corrected chi connectivity index (χ4v) is 5.07. The third kappa shape index (κ3) is 4.03. The first-order valence-electron chi connectivity index (χ1n) is 9.55. The molecule has 1 atom stereocenters. The van der Waals surface area contributed by atoms with Gasteiger partial charge in [-0.1, -0.05) is 17.3 Å². The predicted molar refractivity (Wildman–Crippen MR) is 107 cm³/mol. The molecule has 0 radical (unpaired) electrons. The summed E-state index contributed by atoms with van der Waals surface area (Å²) in [6.07, 6.45) is 1.36. The van der Waals surface area contributed by atoms with Crippen molar-refractivity contribution in [3.63, 3.8) is 0 Å². The molecule has 9 heteroatoms. The lowest BCUT2D eigenvalue weighted by Crippen LogP contribution is -2.39.